The molecule has 0 radical (unpaired) electrons. The number of carbonyl (C=O) groups excluding carboxylic acids is 1. The number of hydrogen-bond acceptors (Lipinski definition) is 3. The number of ether oxygens (including phenoxy) is 1. The molecule has 6 heteroatoms. The third-order valence-corrected chi connectivity index (χ3v) is 2.81. The molecule has 112 valence electrons. The summed E-state index contributed by atoms with van der Waals surface area (Å²) in [4.78, 5) is 10.6. The predicted molar refractivity (Wildman–Crippen MR) is 69.5 cm³/mol. The first kappa shape index (κ1) is 15.2. The van der Waals surface area contributed by atoms with Gasteiger partial charge in [0.25, 0.3) is 0 Å². The van der Waals surface area contributed by atoms with E-state index in [0.29, 0.717) is 23.5 Å². The zero-order chi connectivity index (χ0) is 15.5. The Kier molecular flexibility index (Phi) is 4.35. The van der Waals surface area contributed by atoms with Crippen molar-refractivity contribution in [3.05, 3.63) is 47.7 Å². The van der Waals surface area contributed by atoms with Gasteiger partial charge in [-0.1, -0.05) is 12.1 Å². The van der Waals surface area contributed by atoms with E-state index in [4.69, 9.17) is 9.15 Å². The average Bonchev–Trinajstić information content (AvgIpc) is 2.86. The molecule has 1 aromatic heterocycles. The van der Waals surface area contributed by atoms with Gasteiger partial charge in [0, 0.05) is 18.9 Å². The molecule has 0 unspecified atom stereocenters. The third kappa shape index (κ3) is 4.11. The molecule has 0 spiro atoms. The second-order valence-corrected chi connectivity index (χ2v) is 4.43. The fraction of sp³-hybridized carbons (Fsp3) is 0.267. The van der Waals surface area contributed by atoms with Gasteiger partial charge in [0.15, 0.2) is 0 Å². The molecule has 21 heavy (non-hydrogen) atoms. The standard InChI is InChI=1S/C15H13F3O3/c1-10(19)20-9-8-13-6-7-14(21-13)11-2-4-12(5-3-11)15(16,17)18/h2-7H,8-9H2,1H3. The molecule has 0 fully saturated rings. The highest BCUT2D eigenvalue weighted by atomic mass is 19.4. The Hall–Kier alpha value is -2.24. The Balaban J connectivity index is 2.05. The van der Waals surface area contributed by atoms with Crippen LogP contribution < -0.4 is 0 Å². The molecule has 2 rings (SSSR count). The average molecular weight is 298 g/mol. The van der Waals surface area contributed by atoms with Crippen molar-refractivity contribution in [1.29, 1.82) is 0 Å². The van der Waals surface area contributed by atoms with E-state index in [9.17, 15) is 18.0 Å². The minimum Gasteiger partial charge on any atom is -0.465 e. The van der Waals surface area contributed by atoms with Crippen LogP contribution in [0.2, 0.25) is 0 Å². The highest BCUT2D eigenvalue weighted by Crippen LogP contribution is 2.31. The minimum atomic E-state index is -4.35. The molecule has 0 aliphatic rings. The summed E-state index contributed by atoms with van der Waals surface area (Å²) in [5, 5.41) is 0. The van der Waals surface area contributed by atoms with Gasteiger partial charge in [-0.2, -0.15) is 13.2 Å². The molecule has 0 N–H and O–H groups in total. The van der Waals surface area contributed by atoms with Crippen LogP contribution in [0.4, 0.5) is 13.2 Å². The molecule has 0 atom stereocenters. The van der Waals surface area contributed by atoms with Crippen LogP contribution in [0.1, 0.15) is 18.2 Å². The maximum absolute atomic E-state index is 12.5. The van der Waals surface area contributed by atoms with E-state index in [-0.39, 0.29) is 12.6 Å². The van der Waals surface area contributed by atoms with Crippen LogP contribution in [0.5, 0.6) is 0 Å². The van der Waals surface area contributed by atoms with E-state index in [1.165, 1.54) is 19.1 Å². The van der Waals surface area contributed by atoms with Gasteiger partial charge in [0.2, 0.25) is 0 Å². The number of carbonyl (C=O) groups is 1. The molecule has 0 saturated carbocycles. The van der Waals surface area contributed by atoms with Gasteiger partial charge >= 0.3 is 12.1 Å². The van der Waals surface area contributed by atoms with Crippen LogP contribution >= 0.6 is 0 Å². The van der Waals surface area contributed by atoms with E-state index in [0.717, 1.165) is 12.1 Å². The Morgan fingerprint density at radius 3 is 2.38 bits per heavy atom. The normalized spacial score (nSPS) is 11.4. The second kappa shape index (κ2) is 6.03. The summed E-state index contributed by atoms with van der Waals surface area (Å²) in [5.41, 5.74) is -0.144. The molecular formula is C15H13F3O3. The Labute approximate surface area is 119 Å². The van der Waals surface area contributed by atoms with Gasteiger partial charge in [-0.05, 0) is 24.3 Å². The number of benzene rings is 1. The summed E-state index contributed by atoms with van der Waals surface area (Å²) < 4.78 is 47.7. The van der Waals surface area contributed by atoms with E-state index in [2.05, 4.69) is 0 Å². The number of rotatable bonds is 4. The summed E-state index contributed by atoms with van der Waals surface area (Å²) in [5.74, 6) is 0.706. The van der Waals surface area contributed by atoms with Gasteiger partial charge in [-0.3, -0.25) is 4.79 Å². The molecule has 0 bridgehead atoms. The summed E-state index contributed by atoms with van der Waals surface area (Å²) in [6.45, 7) is 1.52. The van der Waals surface area contributed by atoms with Crippen molar-refractivity contribution >= 4 is 5.97 Å². The van der Waals surface area contributed by atoms with E-state index in [1.54, 1.807) is 12.1 Å². The lowest BCUT2D eigenvalue weighted by Crippen LogP contribution is -2.03. The third-order valence-electron chi connectivity index (χ3n) is 2.81. The molecule has 1 aromatic carbocycles. The fourth-order valence-electron chi connectivity index (χ4n) is 1.79. The number of furan rings is 1. The van der Waals surface area contributed by atoms with Crippen LogP contribution in [0.15, 0.2) is 40.8 Å². The lowest BCUT2D eigenvalue weighted by atomic mass is 10.1. The first-order valence-corrected chi connectivity index (χ1v) is 6.26. The fourth-order valence-corrected chi connectivity index (χ4v) is 1.79. The second-order valence-electron chi connectivity index (χ2n) is 4.43. The summed E-state index contributed by atoms with van der Waals surface area (Å²) in [7, 11) is 0. The first-order chi connectivity index (χ1) is 9.86. The quantitative estimate of drug-likeness (QED) is 0.799. The van der Waals surface area contributed by atoms with Crippen molar-refractivity contribution in [2.24, 2.45) is 0 Å². The topological polar surface area (TPSA) is 39.4 Å². The Bertz CT molecular complexity index is 612. The maximum Gasteiger partial charge on any atom is 0.416 e. The van der Waals surface area contributed by atoms with Gasteiger partial charge < -0.3 is 9.15 Å². The van der Waals surface area contributed by atoms with Crippen LogP contribution in [0.3, 0.4) is 0 Å². The number of alkyl halides is 3. The lowest BCUT2D eigenvalue weighted by molar-refractivity contribution is -0.141. The van der Waals surface area contributed by atoms with Crippen molar-refractivity contribution in [3.8, 4) is 11.3 Å². The van der Waals surface area contributed by atoms with Gasteiger partial charge in [0.05, 0.1) is 12.2 Å². The largest absolute Gasteiger partial charge is 0.465 e. The van der Waals surface area contributed by atoms with Crippen molar-refractivity contribution in [1.82, 2.24) is 0 Å². The molecule has 0 aliphatic heterocycles. The molecule has 0 amide bonds. The number of esters is 1. The van der Waals surface area contributed by atoms with Crippen molar-refractivity contribution < 1.29 is 27.1 Å². The zero-order valence-corrected chi connectivity index (χ0v) is 11.2. The summed E-state index contributed by atoms with van der Waals surface area (Å²) >= 11 is 0. The smallest absolute Gasteiger partial charge is 0.416 e. The minimum absolute atomic E-state index is 0.204. The maximum atomic E-state index is 12.5. The molecule has 2 aromatic rings. The van der Waals surface area contributed by atoms with Crippen LogP contribution in [0, 0.1) is 0 Å². The number of hydrogen-bond donors (Lipinski definition) is 0. The SMILES string of the molecule is CC(=O)OCCc1ccc(-c2ccc(C(F)(F)F)cc2)o1. The number of halogens is 3. The van der Waals surface area contributed by atoms with E-state index >= 15 is 0 Å². The van der Waals surface area contributed by atoms with Crippen LogP contribution in [-0.2, 0) is 22.1 Å². The predicted octanol–water partition coefficient (Wildman–Crippen LogP) is 4.07. The zero-order valence-electron chi connectivity index (χ0n) is 11.2. The van der Waals surface area contributed by atoms with Crippen molar-refractivity contribution in [2.75, 3.05) is 6.61 Å². The Morgan fingerprint density at radius 1 is 1.14 bits per heavy atom. The monoisotopic (exact) mass is 298 g/mol. The van der Waals surface area contributed by atoms with E-state index < -0.39 is 11.7 Å². The molecular weight excluding hydrogens is 285 g/mol. The summed E-state index contributed by atoms with van der Waals surface area (Å²) in [6, 6.07) is 8.12. The first-order valence-electron chi connectivity index (χ1n) is 6.26. The lowest BCUT2D eigenvalue weighted by Gasteiger charge is -2.06. The van der Waals surface area contributed by atoms with Gasteiger partial charge in [-0.15, -0.1) is 0 Å². The van der Waals surface area contributed by atoms with Gasteiger partial charge in [0.1, 0.15) is 11.5 Å². The Morgan fingerprint density at radius 2 is 1.81 bits per heavy atom. The molecule has 3 nitrogen and oxygen atoms in total. The molecule has 0 aliphatic carbocycles. The van der Waals surface area contributed by atoms with Crippen LogP contribution in [0.25, 0.3) is 11.3 Å². The van der Waals surface area contributed by atoms with Gasteiger partial charge in [-0.25, -0.2) is 0 Å². The van der Waals surface area contributed by atoms with Crippen LogP contribution in [-0.4, -0.2) is 12.6 Å². The molecule has 0 saturated heterocycles. The highest BCUT2D eigenvalue weighted by Gasteiger charge is 2.30. The van der Waals surface area contributed by atoms with Crippen molar-refractivity contribution in [2.45, 2.75) is 19.5 Å². The highest BCUT2D eigenvalue weighted by molar-refractivity contribution is 5.65. The van der Waals surface area contributed by atoms with E-state index in [1.807, 2.05) is 0 Å². The van der Waals surface area contributed by atoms with Crippen molar-refractivity contribution in [3.63, 3.8) is 0 Å². The summed E-state index contributed by atoms with van der Waals surface area (Å²) in [6.07, 6.45) is -3.93. The molecule has 1 heterocycles.